The highest BCUT2D eigenvalue weighted by Gasteiger charge is 2.35. The number of amides is 1. The predicted octanol–water partition coefficient (Wildman–Crippen LogP) is 1.39. The summed E-state index contributed by atoms with van der Waals surface area (Å²) in [5.41, 5.74) is -0.991. The summed E-state index contributed by atoms with van der Waals surface area (Å²) < 4.78 is 5.02. The number of allylic oxidation sites excluding steroid dienone is 1. The van der Waals surface area contributed by atoms with Crippen LogP contribution in [0.5, 0.6) is 0 Å². The molecule has 0 bridgehead atoms. The maximum atomic E-state index is 11.9. The fourth-order valence-corrected chi connectivity index (χ4v) is 1.63. The van der Waals surface area contributed by atoms with Crippen LogP contribution in [0, 0.1) is 0 Å². The fraction of sp³-hybridized carbons (Fsp3) is 0.714. The Bertz CT molecular complexity index is 305. The Labute approximate surface area is 115 Å². The summed E-state index contributed by atoms with van der Waals surface area (Å²) in [4.78, 5) is 23.7. The molecule has 0 heterocycles. The lowest BCUT2D eigenvalue weighted by atomic mass is 9.95. The normalized spacial score (nSPS) is 13.4. The van der Waals surface area contributed by atoms with Gasteiger partial charge < -0.3 is 15.4 Å². The van der Waals surface area contributed by atoms with Crippen LogP contribution in [0.25, 0.3) is 0 Å². The average Bonchev–Trinajstić information content (AvgIpc) is 2.37. The second kappa shape index (κ2) is 9.55. The molecule has 5 heteroatoms. The third kappa shape index (κ3) is 6.96. The minimum absolute atomic E-state index is 0.201. The van der Waals surface area contributed by atoms with E-state index in [9.17, 15) is 9.59 Å². The van der Waals surface area contributed by atoms with Crippen LogP contribution in [0.15, 0.2) is 12.7 Å². The summed E-state index contributed by atoms with van der Waals surface area (Å²) >= 11 is 0. The summed E-state index contributed by atoms with van der Waals surface area (Å²) in [7, 11) is 0. The van der Waals surface area contributed by atoms with Crippen molar-refractivity contribution < 1.29 is 14.3 Å². The van der Waals surface area contributed by atoms with Crippen molar-refractivity contribution in [1.29, 1.82) is 0 Å². The van der Waals surface area contributed by atoms with Crippen LogP contribution in [0.3, 0.4) is 0 Å². The summed E-state index contributed by atoms with van der Waals surface area (Å²) in [5.74, 6) is -0.603. The van der Waals surface area contributed by atoms with Gasteiger partial charge in [-0.3, -0.25) is 4.79 Å². The SMILES string of the molecule is C=CCC[C@](C)(NC(=O)CNCCC)C(=O)OCC. The lowest BCUT2D eigenvalue weighted by Gasteiger charge is -2.28. The lowest BCUT2D eigenvalue weighted by molar-refractivity contribution is -0.152. The van der Waals surface area contributed by atoms with Gasteiger partial charge in [0.1, 0.15) is 5.54 Å². The molecule has 1 atom stereocenters. The van der Waals surface area contributed by atoms with Gasteiger partial charge in [-0.05, 0) is 39.7 Å². The minimum Gasteiger partial charge on any atom is -0.464 e. The van der Waals surface area contributed by atoms with Crippen LogP contribution < -0.4 is 10.6 Å². The first kappa shape index (κ1) is 17.6. The zero-order valence-corrected chi connectivity index (χ0v) is 12.3. The van der Waals surface area contributed by atoms with Crippen LogP contribution in [-0.2, 0) is 14.3 Å². The van der Waals surface area contributed by atoms with E-state index < -0.39 is 11.5 Å². The van der Waals surface area contributed by atoms with Crippen molar-refractivity contribution in [2.24, 2.45) is 0 Å². The van der Waals surface area contributed by atoms with E-state index in [4.69, 9.17) is 4.74 Å². The van der Waals surface area contributed by atoms with Crippen molar-refractivity contribution in [1.82, 2.24) is 10.6 Å². The molecule has 0 aromatic carbocycles. The standard InChI is InChI=1S/C14H26N2O3/c1-5-8-9-14(4,13(18)19-7-3)16-12(17)11-15-10-6-2/h5,15H,1,6-11H2,2-4H3,(H,16,17)/t14-/m0/s1. The summed E-state index contributed by atoms with van der Waals surface area (Å²) in [6.45, 7) is 10.4. The van der Waals surface area contributed by atoms with E-state index in [1.165, 1.54) is 0 Å². The first-order valence-electron chi connectivity index (χ1n) is 6.80. The number of nitrogens with one attached hydrogen (secondary N) is 2. The van der Waals surface area contributed by atoms with E-state index in [0.717, 1.165) is 13.0 Å². The van der Waals surface area contributed by atoms with Crippen molar-refractivity contribution >= 4 is 11.9 Å². The van der Waals surface area contributed by atoms with Crippen molar-refractivity contribution in [3.63, 3.8) is 0 Å². The molecule has 0 aliphatic carbocycles. The van der Waals surface area contributed by atoms with E-state index in [2.05, 4.69) is 17.2 Å². The Balaban J connectivity index is 4.51. The molecule has 0 aromatic rings. The molecule has 0 spiro atoms. The maximum absolute atomic E-state index is 11.9. The molecule has 0 aliphatic heterocycles. The number of ether oxygens (including phenoxy) is 1. The summed E-state index contributed by atoms with van der Waals surface area (Å²) in [6.07, 6.45) is 3.80. The number of carbonyl (C=O) groups excluding carboxylic acids is 2. The highest BCUT2D eigenvalue weighted by molar-refractivity contribution is 5.88. The van der Waals surface area contributed by atoms with Gasteiger partial charge in [-0.1, -0.05) is 13.0 Å². The second-order valence-electron chi connectivity index (χ2n) is 4.60. The first-order valence-corrected chi connectivity index (χ1v) is 6.80. The smallest absolute Gasteiger partial charge is 0.331 e. The largest absolute Gasteiger partial charge is 0.464 e. The Hall–Kier alpha value is -1.36. The van der Waals surface area contributed by atoms with Crippen LogP contribution >= 0.6 is 0 Å². The van der Waals surface area contributed by atoms with Gasteiger partial charge in [-0.25, -0.2) is 4.79 Å². The highest BCUT2D eigenvalue weighted by Crippen LogP contribution is 2.15. The number of esters is 1. The molecule has 0 radical (unpaired) electrons. The molecule has 2 N–H and O–H groups in total. The molecule has 0 fully saturated rings. The minimum atomic E-state index is -0.991. The summed E-state index contributed by atoms with van der Waals surface area (Å²) in [6, 6.07) is 0. The Morgan fingerprint density at radius 3 is 2.58 bits per heavy atom. The molecule has 0 saturated heterocycles. The van der Waals surface area contributed by atoms with Gasteiger partial charge in [-0.2, -0.15) is 0 Å². The van der Waals surface area contributed by atoms with Gasteiger partial charge in [0.05, 0.1) is 13.2 Å². The van der Waals surface area contributed by atoms with E-state index in [1.54, 1.807) is 19.9 Å². The van der Waals surface area contributed by atoms with Crippen molar-refractivity contribution in [2.75, 3.05) is 19.7 Å². The predicted molar refractivity (Wildman–Crippen MR) is 75.8 cm³/mol. The zero-order valence-electron chi connectivity index (χ0n) is 12.3. The topological polar surface area (TPSA) is 67.4 Å². The third-order valence-electron chi connectivity index (χ3n) is 2.70. The van der Waals surface area contributed by atoms with E-state index in [1.807, 2.05) is 6.92 Å². The molecule has 1 amide bonds. The first-order chi connectivity index (χ1) is 9.00. The van der Waals surface area contributed by atoms with Gasteiger partial charge in [-0.15, -0.1) is 6.58 Å². The molecule has 0 rings (SSSR count). The molecule has 0 aliphatic rings. The van der Waals surface area contributed by atoms with Crippen LogP contribution in [0.4, 0.5) is 0 Å². The molecular formula is C14H26N2O3. The van der Waals surface area contributed by atoms with E-state index in [0.29, 0.717) is 19.4 Å². The zero-order chi connectivity index (χ0) is 14.7. The fourth-order valence-electron chi connectivity index (χ4n) is 1.63. The molecule has 0 aromatic heterocycles. The van der Waals surface area contributed by atoms with Crippen molar-refractivity contribution in [2.45, 2.75) is 45.6 Å². The quantitative estimate of drug-likeness (QED) is 0.358. The number of hydrogen-bond acceptors (Lipinski definition) is 4. The van der Waals surface area contributed by atoms with Crippen molar-refractivity contribution in [3.8, 4) is 0 Å². The molecule has 0 saturated carbocycles. The lowest BCUT2D eigenvalue weighted by Crippen LogP contribution is -2.54. The van der Waals surface area contributed by atoms with E-state index in [-0.39, 0.29) is 12.5 Å². The molecule has 0 unspecified atom stereocenters. The average molecular weight is 270 g/mol. The molecule has 110 valence electrons. The van der Waals surface area contributed by atoms with Crippen LogP contribution in [0.1, 0.15) is 40.0 Å². The number of hydrogen-bond donors (Lipinski definition) is 2. The van der Waals surface area contributed by atoms with Gasteiger partial charge in [0.25, 0.3) is 0 Å². The maximum Gasteiger partial charge on any atom is 0.331 e. The monoisotopic (exact) mass is 270 g/mol. The molecular weight excluding hydrogens is 244 g/mol. The Morgan fingerprint density at radius 1 is 1.37 bits per heavy atom. The van der Waals surface area contributed by atoms with Gasteiger partial charge in [0.15, 0.2) is 0 Å². The number of carbonyl (C=O) groups is 2. The highest BCUT2D eigenvalue weighted by atomic mass is 16.5. The van der Waals surface area contributed by atoms with Crippen LogP contribution in [0.2, 0.25) is 0 Å². The second-order valence-corrected chi connectivity index (χ2v) is 4.60. The number of rotatable bonds is 10. The van der Waals surface area contributed by atoms with Gasteiger partial charge in [0.2, 0.25) is 5.91 Å². The summed E-state index contributed by atoms with van der Waals surface area (Å²) in [5, 5.41) is 5.75. The third-order valence-corrected chi connectivity index (χ3v) is 2.70. The van der Waals surface area contributed by atoms with Gasteiger partial charge in [0, 0.05) is 0 Å². The molecule has 5 nitrogen and oxygen atoms in total. The van der Waals surface area contributed by atoms with Gasteiger partial charge >= 0.3 is 5.97 Å². The van der Waals surface area contributed by atoms with E-state index >= 15 is 0 Å². The Kier molecular flexibility index (Phi) is 8.87. The van der Waals surface area contributed by atoms with Crippen molar-refractivity contribution in [3.05, 3.63) is 12.7 Å². The van der Waals surface area contributed by atoms with Crippen LogP contribution in [-0.4, -0.2) is 37.1 Å². The Morgan fingerprint density at radius 2 is 2.05 bits per heavy atom. The molecule has 19 heavy (non-hydrogen) atoms.